The minimum Gasteiger partial charge on any atom is -0.465 e. The molecule has 18 heavy (non-hydrogen) atoms. The van der Waals surface area contributed by atoms with Gasteiger partial charge in [0, 0.05) is 19.9 Å². The first-order valence-electron chi connectivity index (χ1n) is 4.95. The van der Waals surface area contributed by atoms with E-state index in [9.17, 15) is 14.4 Å². The fourth-order valence-corrected chi connectivity index (χ4v) is 1.18. The molecule has 6 heteroatoms. The summed E-state index contributed by atoms with van der Waals surface area (Å²) in [5.74, 6) is -1.84. The third-order valence-electron chi connectivity index (χ3n) is 1.79. The normalized spacial score (nSPS) is 9.50. The van der Waals surface area contributed by atoms with Gasteiger partial charge in [-0.3, -0.25) is 9.59 Å². The Bertz CT molecular complexity index is 491. The maximum atomic E-state index is 11.5. The Morgan fingerprint density at radius 2 is 1.72 bits per heavy atom. The first-order valence-corrected chi connectivity index (χ1v) is 4.95. The van der Waals surface area contributed by atoms with Crippen molar-refractivity contribution in [2.24, 2.45) is 0 Å². The molecule has 0 aliphatic heterocycles. The second-order valence-corrected chi connectivity index (χ2v) is 3.26. The van der Waals surface area contributed by atoms with Crippen LogP contribution in [0.3, 0.4) is 0 Å². The number of methoxy groups -OCH3 is 1. The van der Waals surface area contributed by atoms with Gasteiger partial charge in [-0.25, -0.2) is 4.79 Å². The van der Waals surface area contributed by atoms with Crippen LogP contribution in [0.15, 0.2) is 12.1 Å². The molecule has 0 fully saturated rings. The average Bonchev–Trinajstić information content (AvgIpc) is 2.28. The molecule has 0 bridgehead atoms. The Morgan fingerprint density at radius 3 is 2.22 bits per heavy atom. The highest BCUT2D eigenvalue weighted by Crippen LogP contribution is 2.24. The molecule has 0 saturated carbocycles. The van der Waals surface area contributed by atoms with E-state index in [0.29, 0.717) is 0 Å². The number of ether oxygens (including phenoxy) is 3. The molecule has 0 atom stereocenters. The zero-order chi connectivity index (χ0) is 13.7. The van der Waals surface area contributed by atoms with Crippen molar-refractivity contribution in [2.45, 2.75) is 13.8 Å². The van der Waals surface area contributed by atoms with Gasteiger partial charge in [0.1, 0.15) is 11.3 Å². The summed E-state index contributed by atoms with van der Waals surface area (Å²) in [6.07, 6.45) is 0. The van der Waals surface area contributed by atoms with Gasteiger partial charge in [-0.1, -0.05) is 0 Å². The number of hydrogen-bond donors (Lipinski definition) is 0. The molecule has 0 aliphatic carbocycles. The highest BCUT2D eigenvalue weighted by molar-refractivity contribution is 5.93. The van der Waals surface area contributed by atoms with Crippen LogP contribution in [0.2, 0.25) is 0 Å². The summed E-state index contributed by atoms with van der Waals surface area (Å²) >= 11 is 0. The largest absolute Gasteiger partial charge is 0.465 e. The third kappa shape index (κ3) is 3.58. The fraction of sp³-hybridized carbons (Fsp3) is 0.250. The number of esters is 3. The van der Waals surface area contributed by atoms with Crippen LogP contribution >= 0.6 is 0 Å². The van der Waals surface area contributed by atoms with E-state index < -0.39 is 17.9 Å². The summed E-state index contributed by atoms with van der Waals surface area (Å²) in [5.41, 5.74) is -0.0496. The van der Waals surface area contributed by atoms with Crippen molar-refractivity contribution in [2.75, 3.05) is 7.11 Å². The molecule has 0 spiro atoms. The summed E-state index contributed by atoms with van der Waals surface area (Å²) in [5, 5.41) is 0. The van der Waals surface area contributed by atoms with Crippen LogP contribution in [-0.4, -0.2) is 25.0 Å². The molecule has 95 valence electrons. The van der Waals surface area contributed by atoms with Crippen molar-refractivity contribution in [3.63, 3.8) is 0 Å². The molecule has 6 nitrogen and oxygen atoms in total. The number of carbonyl (C=O) groups is 3. The molecule has 1 rings (SSSR count). The van der Waals surface area contributed by atoms with E-state index in [1.54, 1.807) is 0 Å². The van der Waals surface area contributed by atoms with E-state index in [1.165, 1.54) is 33.1 Å². The lowest BCUT2D eigenvalue weighted by Crippen LogP contribution is -2.10. The molecule has 1 radical (unpaired) electrons. The van der Waals surface area contributed by atoms with Crippen molar-refractivity contribution >= 4 is 17.9 Å². The standard InChI is InChI=1S/C12H11O6/c1-7(13)17-9-4-5-11(18-8(2)14)10(6-9)12(15)16-3/h4,6H,1-3H3. The highest BCUT2D eigenvalue weighted by Gasteiger charge is 2.17. The Kier molecular flexibility index (Phi) is 4.42. The quantitative estimate of drug-likeness (QED) is 0.591. The van der Waals surface area contributed by atoms with Crippen LogP contribution < -0.4 is 9.47 Å². The van der Waals surface area contributed by atoms with E-state index in [0.717, 1.165) is 0 Å². The molecular weight excluding hydrogens is 240 g/mol. The van der Waals surface area contributed by atoms with Crippen LogP contribution in [0.5, 0.6) is 11.5 Å². The minimum atomic E-state index is -0.725. The summed E-state index contributed by atoms with van der Waals surface area (Å²) < 4.78 is 14.1. The van der Waals surface area contributed by atoms with Gasteiger partial charge in [0.05, 0.1) is 7.11 Å². The van der Waals surface area contributed by atoms with Crippen LogP contribution in [0.25, 0.3) is 0 Å². The van der Waals surface area contributed by atoms with Crippen LogP contribution in [0.1, 0.15) is 24.2 Å². The van der Waals surface area contributed by atoms with Crippen molar-refractivity contribution in [1.82, 2.24) is 0 Å². The van der Waals surface area contributed by atoms with E-state index in [-0.39, 0.29) is 17.1 Å². The lowest BCUT2D eigenvalue weighted by molar-refractivity contribution is -0.133. The van der Waals surface area contributed by atoms with Crippen LogP contribution in [-0.2, 0) is 14.3 Å². The minimum absolute atomic E-state index is 0.0496. The van der Waals surface area contributed by atoms with E-state index in [2.05, 4.69) is 10.8 Å². The van der Waals surface area contributed by atoms with Gasteiger partial charge in [-0.2, -0.15) is 0 Å². The first kappa shape index (κ1) is 13.7. The van der Waals surface area contributed by atoms with Gasteiger partial charge in [-0.15, -0.1) is 0 Å². The topological polar surface area (TPSA) is 78.9 Å². The SMILES string of the molecule is COC(=O)c1cc(OC(C)=O)c[c]c1OC(C)=O. The molecule has 0 unspecified atom stereocenters. The smallest absolute Gasteiger partial charge is 0.341 e. The zero-order valence-corrected chi connectivity index (χ0v) is 10.1. The molecule has 0 N–H and O–H groups in total. The molecule has 0 amide bonds. The maximum absolute atomic E-state index is 11.5. The van der Waals surface area contributed by atoms with Crippen LogP contribution in [0.4, 0.5) is 0 Å². The molecule has 1 aromatic rings. The molecule has 1 aromatic carbocycles. The summed E-state index contributed by atoms with van der Waals surface area (Å²) in [6.45, 7) is 2.41. The molecule has 0 saturated heterocycles. The Hall–Kier alpha value is -2.37. The van der Waals surface area contributed by atoms with Gasteiger partial charge in [0.25, 0.3) is 0 Å². The van der Waals surface area contributed by atoms with E-state index in [4.69, 9.17) is 9.47 Å². The fourth-order valence-electron chi connectivity index (χ4n) is 1.18. The second kappa shape index (κ2) is 5.81. The predicted octanol–water partition coefficient (Wildman–Crippen LogP) is 1.12. The van der Waals surface area contributed by atoms with Gasteiger partial charge in [0.15, 0.2) is 5.75 Å². The Balaban J connectivity index is 3.15. The lowest BCUT2D eigenvalue weighted by atomic mass is 10.2. The van der Waals surface area contributed by atoms with Gasteiger partial charge in [0.2, 0.25) is 0 Å². The maximum Gasteiger partial charge on any atom is 0.341 e. The van der Waals surface area contributed by atoms with Crippen LogP contribution in [0, 0.1) is 6.07 Å². The zero-order valence-electron chi connectivity index (χ0n) is 10.1. The number of hydrogen-bond acceptors (Lipinski definition) is 6. The lowest BCUT2D eigenvalue weighted by Gasteiger charge is -2.08. The number of benzene rings is 1. The van der Waals surface area contributed by atoms with E-state index in [1.807, 2.05) is 0 Å². The van der Waals surface area contributed by atoms with Gasteiger partial charge in [-0.05, 0) is 12.1 Å². The molecule has 0 aliphatic rings. The summed E-state index contributed by atoms with van der Waals surface area (Å²) in [6, 6.07) is 5.06. The average molecular weight is 251 g/mol. The van der Waals surface area contributed by atoms with Crippen molar-refractivity contribution in [3.8, 4) is 11.5 Å². The second-order valence-electron chi connectivity index (χ2n) is 3.26. The Morgan fingerprint density at radius 1 is 1.11 bits per heavy atom. The first-order chi connectivity index (χ1) is 8.43. The van der Waals surface area contributed by atoms with Crippen molar-refractivity contribution < 1.29 is 28.6 Å². The van der Waals surface area contributed by atoms with E-state index >= 15 is 0 Å². The molecule has 0 aromatic heterocycles. The molecular formula is C12H11O6. The predicted molar refractivity (Wildman–Crippen MR) is 59.2 cm³/mol. The van der Waals surface area contributed by atoms with Crippen molar-refractivity contribution in [1.29, 1.82) is 0 Å². The summed E-state index contributed by atoms with van der Waals surface area (Å²) in [4.78, 5) is 33.1. The van der Waals surface area contributed by atoms with Crippen molar-refractivity contribution in [3.05, 3.63) is 23.8 Å². The highest BCUT2D eigenvalue weighted by atomic mass is 16.5. The third-order valence-corrected chi connectivity index (χ3v) is 1.79. The van der Waals surface area contributed by atoms with Gasteiger partial charge < -0.3 is 14.2 Å². The number of rotatable bonds is 3. The Labute approximate surface area is 103 Å². The molecule has 0 heterocycles. The monoisotopic (exact) mass is 251 g/mol. The van der Waals surface area contributed by atoms with Gasteiger partial charge >= 0.3 is 17.9 Å². The number of carbonyl (C=O) groups excluding carboxylic acids is 3. The summed E-state index contributed by atoms with van der Waals surface area (Å²) in [7, 11) is 1.18.